The van der Waals surface area contributed by atoms with Crippen LogP contribution in [0, 0.1) is 0 Å². The van der Waals surface area contributed by atoms with E-state index in [0.717, 1.165) is 6.61 Å². The quantitative estimate of drug-likeness (QED) is 0.639. The van der Waals surface area contributed by atoms with Gasteiger partial charge in [-0.1, -0.05) is 19.6 Å². The van der Waals surface area contributed by atoms with Crippen molar-refractivity contribution in [1.82, 2.24) is 5.32 Å². The molecule has 0 amide bonds. The Morgan fingerprint density at radius 3 is 2.27 bits per heavy atom. The second kappa shape index (κ2) is 4.90. The first kappa shape index (κ1) is 11.1. The van der Waals surface area contributed by atoms with E-state index in [1.807, 2.05) is 0 Å². The Bertz CT molecular complexity index is 101. The zero-order valence-corrected chi connectivity index (χ0v) is 9.40. The molecule has 0 spiro atoms. The maximum absolute atomic E-state index is 5.02. The van der Waals surface area contributed by atoms with Gasteiger partial charge in [0.05, 0.1) is 14.7 Å². The Balaban J connectivity index is 3.38. The van der Waals surface area contributed by atoms with Gasteiger partial charge >= 0.3 is 0 Å². The van der Waals surface area contributed by atoms with Gasteiger partial charge in [0, 0.05) is 13.2 Å². The molecule has 0 radical (unpaired) electrons. The van der Waals surface area contributed by atoms with Crippen molar-refractivity contribution in [3.05, 3.63) is 0 Å². The van der Waals surface area contributed by atoms with Gasteiger partial charge in [-0.2, -0.15) is 0 Å². The van der Waals surface area contributed by atoms with Gasteiger partial charge < -0.3 is 10.1 Å². The first-order valence-corrected chi connectivity index (χ1v) is 7.89. The molecule has 0 aromatic rings. The second-order valence-corrected chi connectivity index (χ2v) is 9.77. The van der Waals surface area contributed by atoms with Crippen LogP contribution in [0.1, 0.15) is 6.92 Å². The summed E-state index contributed by atoms with van der Waals surface area (Å²) in [5.74, 6) is 0. The second-order valence-electron chi connectivity index (χ2n) is 4.30. The lowest BCUT2D eigenvalue weighted by atomic mass is 10.4. The molecule has 0 aliphatic heterocycles. The zero-order chi connectivity index (χ0) is 8.91. The highest BCUT2D eigenvalue weighted by atomic mass is 28.3. The van der Waals surface area contributed by atoms with E-state index in [2.05, 4.69) is 31.9 Å². The molecule has 0 aliphatic rings. The molecule has 0 fully saturated rings. The molecular formula is C8H21NOSi. The minimum absolute atomic E-state index is 0.492. The van der Waals surface area contributed by atoms with Crippen LogP contribution in [-0.4, -0.2) is 34.0 Å². The molecule has 0 heterocycles. The SMILES string of the molecule is COCC(C)NC[Si](C)(C)C. The largest absolute Gasteiger partial charge is 0.383 e. The number of methoxy groups -OCH3 is 1. The van der Waals surface area contributed by atoms with Crippen molar-refractivity contribution in [2.75, 3.05) is 19.9 Å². The Morgan fingerprint density at radius 1 is 1.36 bits per heavy atom. The summed E-state index contributed by atoms with van der Waals surface area (Å²) in [6.45, 7) is 10.0. The van der Waals surface area contributed by atoms with Crippen LogP contribution < -0.4 is 5.32 Å². The smallest absolute Gasteiger partial charge is 0.0612 e. The fourth-order valence-corrected chi connectivity index (χ4v) is 1.75. The molecule has 0 aromatic heterocycles. The van der Waals surface area contributed by atoms with Crippen LogP contribution in [0.2, 0.25) is 19.6 Å². The minimum atomic E-state index is -0.916. The third kappa shape index (κ3) is 8.04. The topological polar surface area (TPSA) is 21.3 Å². The Hall–Kier alpha value is 0.137. The van der Waals surface area contributed by atoms with Gasteiger partial charge in [0.1, 0.15) is 0 Å². The lowest BCUT2D eigenvalue weighted by Crippen LogP contribution is -2.42. The molecule has 3 heteroatoms. The highest BCUT2D eigenvalue weighted by Crippen LogP contribution is 1.97. The molecule has 0 saturated heterocycles. The van der Waals surface area contributed by atoms with Crippen molar-refractivity contribution in [3.8, 4) is 0 Å². The number of rotatable bonds is 5. The maximum atomic E-state index is 5.02. The number of hydrogen-bond donors (Lipinski definition) is 1. The van der Waals surface area contributed by atoms with E-state index in [1.54, 1.807) is 7.11 Å². The Kier molecular flexibility index (Phi) is 4.96. The van der Waals surface area contributed by atoms with E-state index in [-0.39, 0.29) is 0 Å². The molecule has 0 aliphatic carbocycles. The van der Waals surface area contributed by atoms with Crippen LogP contribution >= 0.6 is 0 Å². The van der Waals surface area contributed by atoms with E-state index >= 15 is 0 Å². The van der Waals surface area contributed by atoms with E-state index < -0.39 is 8.07 Å². The van der Waals surface area contributed by atoms with Crippen molar-refractivity contribution in [2.45, 2.75) is 32.6 Å². The highest BCUT2D eigenvalue weighted by molar-refractivity contribution is 6.76. The van der Waals surface area contributed by atoms with Crippen molar-refractivity contribution in [1.29, 1.82) is 0 Å². The van der Waals surface area contributed by atoms with Crippen molar-refractivity contribution in [3.63, 3.8) is 0 Å². The van der Waals surface area contributed by atoms with Crippen molar-refractivity contribution < 1.29 is 4.74 Å². The molecule has 1 atom stereocenters. The van der Waals surface area contributed by atoms with Gasteiger partial charge in [-0.25, -0.2) is 0 Å². The van der Waals surface area contributed by atoms with Gasteiger partial charge in [-0.05, 0) is 13.1 Å². The first-order chi connectivity index (χ1) is 4.95. The predicted molar refractivity (Wildman–Crippen MR) is 52.7 cm³/mol. The summed E-state index contributed by atoms with van der Waals surface area (Å²) in [6, 6.07) is 0.492. The summed E-state index contributed by atoms with van der Waals surface area (Å²) in [6.07, 6.45) is 1.18. The average molecular weight is 175 g/mol. The summed E-state index contributed by atoms with van der Waals surface area (Å²) in [5.41, 5.74) is 0. The third-order valence-electron chi connectivity index (χ3n) is 1.40. The van der Waals surface area contributed by atoms with Gasteiger partial charge in [-0.15, -0.1) is 0 Å². The van der Waals surface area contributed by atoms with E-state index in [4.69, 9.17) is 4.74 Å². The molecule has 0 aromatic carbocycles. The van der Waals surface area contributed by atoms with Crippen LogP contribution in [0.15, 0.2) is 0 Å². The summed E-state index contributed by atoms with van der Waals surface area (Å²) < 4.78 is 5.02. The van der Waals surface area contributed by atoms with E-state index in [9.17, 15) is 0 Å². The maximum Gasteiger partial charge on any atom is 0.0612 e. The molecule has 11 heavy (non-hydrogen) atoms. The first-order valence-electron chi connectivity index (χ1n) is 4.18. The molecular weight excluding hydrogens is 154 g/mol. The van der Waals surface area contributed by atoms with E-state index in [0.29, 0.717) is 6.04 Å². The summed E-state index contributed by atoms with van der Waals surface area (Å²) in [4.78, 5) is 0. The van der Waals surface area contributed by atoms with Crippen molar-refractivity contribution >= 4 is 8.07 Å². The van der Waals surface area contributed by atoms with E-state index in [1.165, 1.54) is 6.17 Å². The minimum Gasteiger partial charge on any atom is -0.383 e. The van der Waals surface area contributed by atoms with Gasteiger partial charge in [0.25, 0.3) is 0 Å². The van der Waals surface area contributed by atoms with Gasteiger partial charge in [0.2, 0.25) is 0 Å². The number of ether oxygens (including phenoxy) is 1. The highest BCUT2D eigenvalue weighted by Gasteiger charge is 2.13. The van der Waals surface area contributed by atoms with Crippen LogP contribution in [0.3, 0.4) is 0 Å². The molecule has 1 N–H and O–H groups in total. The Labute approximate surface area is 71.3 Å². The van der Waals surface area contributed by atoms with Crippen molar-refractivity contribution in [2.24, 2.45) is 0 Å². The lowest BCUT2D eigenvalue weighted by Gasteiger charge is -2.20. The van der Waals surface area contributed by atoms with Crippen LogP contribution in [0.5, 0.6) is 0 Å². The van der Waals surface area contributed by atoms with Gasteiger partial charge in [0.15, 0.2) is 0 Å². The monoisotopic (exact) mass is 175 g/mol. The zero-order valence-electron chi connectivity index (χ0n) is 8.40. The summed E-state index contributed by atoms with van der Waals surface area (Å²) >= 11 is 0. The van der Waals surface area contributed by atoms with Crippen LogP contribution in [0.25, 0.3) is 0 Å². The Morgan fingerprint density at radius 2 is 1.91 bits per heavy atom. The summed E-state index contributed by atoms with van der Waals surface area (Å²) in [7, 11) is 0.827. The standard InChI is InChI=1S/C8H21NOSi/c1-8(6-10-2)9-7-11(3,4)5/h8-9H,6-7H2,1-5H3. The number of hydrogen-bond acceptors (Lipinski definition) is 2. The fraction of sp³-hybridized carbons (Fsp3) is 1.00. The average Bonchev–Trinajstić information content (AvgIpc) is 1.83. The molecule has 0 saturated carbocycles. The molecule has 2 nitrogen and oxygen atoms in total. The summed E-state index contributed by atoms with van der Waals surface area (Å²) in [5, 5.41) is 3.46. The normalized spacial score (nSPS) is 15.0. The molecule has 68 valence electrons. The van der Waals surface area contributed by atoms with Gasteiger partial charge in [-0.3, -0.25) is 0 Å². The van der Waals surface area contributed by atoms with Crippen LogP contribution in [-0.2, 0) is 4.74 Å². The lowest BCUT2D eigenvalue weighted by molar-refractivity contribution is 0.174. The number of nitrogens with one attached hydrogen (secondary N) is 1. The fourth-order valence-electron chi connectivity index (χ4n) is 0.789. The predicted octanol–water partition coefficient (Wildman–Crippen LogP) is 1.49. The van der Waals surface area contributed by atoms with Crippen LogP contribution in [0.4, 0.5) is 0 Å². The molecule has 1 unspecified atom stereocenters. The molecule has 0 bridgehead atoms. The molecule has 0 rings (SSSR count). The third-order valence-corrected chi connectivity index (χ3v) is 2.66.